The van der Waals surface area contributed by atoms with Crippen LogP contribution in [-0.4, -0.2) is 60.8 Å². The van der Waals surface area contributed by atoms with Crippen LogP contribution in [-0.2, 0) is 17.8 Å². The molecule has 238 valence electrons. The molecule has 1 saturated carbocycles. The molecule has 1 fully saturated rings. The van der Waals surface area contributed by atoms with Crippen molar-refractivity contribution in [3.05, 3.63) is 94.4 Å². The molecule has 8 heteroatoms. The fourth-order valence-electron chi connectivity index (χ4n) is 6.98. The van der Waals surface area contributed by atoms with Crippen molar-refractivity contribution in [3.8, 4) is 28.0 Å². The van der Waals surface area contributed by atoms with Gasteiger partial charge in [-0.2, -0.15) is 0 Å². The molecule has 2 heterocycles. The van der Waals surface area contributed by atoms with Gasteiger partial charge in [-0.15, -0.1) is 0 Å². The van der Waals surface area contributed by atoms with Gasteiger partial charge in [0.2, 0.25) is 0 Å². The van der Waals surface area contributed by atoms with Crippen LogP contribution in [0.15, 0.2) is 60.8 Å². The molecule has 4 aromatic rings. The predicted molar refractivity (Wildman–Crippen MR) is 180 cm³/mol. The van der Waals surface area contributed by atoms with Crippen molar-refractivity contribution >= 4 is 23.2 Å². The maximum atomic E-state index is 15.8. The van der Waals surface area contributed by atoms with Gasteiger partial charge in [0, 0.05) is 57.0 Å². The number of carbonyl (C=O) groups excluding carboxylic acids is 2. The van der Waals surface area contributed by atoms with Gasteiger partial charge in [-0.25, -0.2) is 9.37 Å². The van der Waals surface area contributed by atoms with Crippen molar-refractivity contribution in [3.63, 3.8) is 0 Å². The summed E-state index contributed by atoms with van der Waals surface area (Å²) >= 11 is 0. The number of hydrogen-bond acceptors (Lipinski definition) is 6. The lowest BCUT2D eigenvalue weighted by Crippen LogP contribution is -2.34. The first-order valence-corrected chi connectivity index (χ1v) is 15.9. The topological polar surface area (TPSA) is 74.8 Å². The Hall–Kier alpha value is -4.56. The average Bonchev–Trinajstić information content (AvgIpc) is 3.45. The molecule has 0 spiro atoms. The monoisotopic (exact) mass is 620 g/mol. The fraction of sp³-hybridized carbons (Fsp3) is 0.342. The van der Waals surface area contributed by atoms with Crippen LogP contribution in [0.25, 0.3) is 22.3 Å². The highest BCUT2D eigenvalue weighted by Crippen LogP contribution is 2.39. The highest BCUT2D eigenvalue weighted by atomic mass is 19.1. The third-order valence-electron chi connectivity index (χ3n) is 9.56. The summed E-state index contributed by atoms with van der Waals surface area (Å²) < 4.78 is 21.5. The van der Waals surface area contributed by atoms with Gasteiger partial charge in [-0.1, -0.05) is 30.3 Å². The molecule has 0 bridgehead atoms. The number of ketones is 1. The minimum absolute atomic E-state index is 0.0279. The summed E-state index contributed by atoms with van der Waals surface area (Å²) in [5.74, 6) is 1.38. The standard InChI is InChI=1S/C38H41FN4O3/c1-23-29(27-19-33(39)32(35(20-27)46-5)22-42(3)21-25-12-13-28(44)18-25)8-6-9-30(23)31-10-7-11-34(24(31)2)41-37-36-26(14-16-40-37)15-17-43(4)38(36)45/h6-11,14,16,19-20,25H,12-13,15,17-18,21-22H2,1-5H3,(H,40,41)/t25-/m1/s1. The number of Topliss-reactive ketones (excluding diaryl/α,β-unsaturated/α-hetero) is 1. The van der Waals surface area contributed by atoms with E-state index in [2.05, 4.69) is 41.2 Å². The van der Waals surface area contributed by atoms with E-state index in [-0.39, 0.29) is 11.7 Å². The highest BCUT2D eigenvalue weighted by Gasteiger charge is 2.27. The van der Waals surface area contributed by atoms with E-state index in [0.717, 1.165) is 64.0 Å². The quantitative estimate of drug-likeness (QED) is 0.211. The van der Waals surface area contributed by atoms with Gasteiger partial charge in [0.15, 0.2) is 0 Å². The minimum atomic E-state index is -0.310. The average molecular weight is 621 g/mol. The first kappa shape index (κ1) is 31.4. The Bertz CT molecular complexity index is 1820. The molecular weight excluding hydrogens is 579 g/mol. The molecule has 46 heavy (non-hydrogen) atoms. The van der Waals surface area contributed by atoms with Crippen molar-refractivity contribution in [2.24, 2.45) is 5.92 Å². The third kappa shape index (κ3) is 6.14. The number of amides is 1. The van der Waals surface area contributed by atoms with E-state index in [1.807, 2.05) is 50.5 Å². The van der Waals surface area contributed by atoms with Gasteiger partial charge in [0.05, 0.1) is 12.7 Å². The minimum Gasteiger partial charge on any atom is -0.496 e. The SMILES string of the molecule is COc1cc(-c2cccc(-c3cccc(Nc4nccc5c4C(=O)N(C)CC5)c3C)c2C)cc(F)c1CN(C)C[C@@H]1CCC(=O)C1. The van der Waals surface area contributed by atoms with E-state index in [0.29, 0.717) is 60.3 Å². The van der Waals surface area contributed by atoms with Gasteiger partial charge in [-0.05, 0) is 103 Å². The summed E-state index contributed by atoms with van der Waals surface area (Å²) in [5, 5.41) is 3.45. The maximum Gasteiger partial charge on any atom is 0.257 e. The van der Waals surface area contributed by atoms with E-state index in [1.165, 1.54) is 0 Å². The molecule has 1 aliphatic heterocycles. The number of carbonyl (C=O) groups is 2. The second-order valence-corrected chi connectivity index (χ2v) is 12.7. The Labute approximate surface area is 270 Å². The van der Waals surface area contributed by atoms with Crippen molar-refractivity contribution in [2.45, 2.75) is 46.1 Å². The van der Waals surface area contributed by atoms with E-state index >= 15 is 4.39 Å². The number of halogens is 1. The second-order valence-electron chi connectivity index (χ2n) is 12.7. The van der Waals surface area contributed by atoms with Gasteiger partial charge >= 0.3 is 0 Å². The summed E-state index contributed by atoms with van der Waals surface area (Å²) in [5.41, 5.74) is 8.79. The number of fused-ring (bicyclic) bond motifs is 1. The number of benzene rings is 3. The van der Waals surface area contributed by atoms with Gasteiger partial charge in [0.1, 0.15) is 23.2 Å². The highest BCUT2D eigenvalue weighted by molar-refractivity contribution is 6.01. The number of likely N-dealkylation sites (N-methyl/N-ethyl adjacent to an activating group) is 1. The largest absolute Gasteiger partial charge is 0.496 e. The summed E-state index contributed by atoms with van der Waals surface area (Å²) in [6, 6.07) is 17.6. The molecule has 0 saturated heterocycles. The number of methoxy groups -OCH3 is 1. The van der Waals surface area contributed by atoms with Crippen molar-refractivity contribution in [1.82, 2.24) is 14.8 Å². The number of anilines is 2. The zero-order chi connectivity index (χ0) is 32.5. The van der Waals surface area contributed by atoms with Crippen molar-refractivity contribution < 1.29 is 18.7 Å². The molecule has 0 unspecified atom stereocenters. The van der Waals surface area contributed by atoms with Crippen LogP contribution in [0.5, 0.6) is 5.75 Å². The van der Waals surface area contributed by atoms with Crippen LogP contribution in [0.4, 0.5) is 15.9 Å². The molecule has 6 rings (SSSR count). The third-order valence-corrected chi connectivity index (χ3v) is 9.56. The number of ether oxygens (including phenoxy) is 1. The van der Waals surface area contributed by atoms with Crippen LogP contribution in [0.2, 0.25) is 0 Å². The first-order valence-electron chi connectivity index (χ1n) is 15.9. The van der Waals surface area contributed by atoms with Crippen molar-refractivity contribution in [1.29, 1.82) is 0 Å². The predicted octanol–water partition coefficient (Wildman–Crippen LogP) is 7.35. The van der Waals surface area contributed by atoms with Crippen LogP contribution < -0.4 is 10.1 Å². The Balaban J connectivity index is 1.30. The molecular formula is C38H41FN4O3. The van der Waals surface area contributed by atoms with Gasteiger partial charge in [-0.3, -0.25) is 9.59 Å². The number of nitrogens with one attached hydrogen (secondary N) is 1. The Kier molecular flexibility index (Phi) is 8.91. The van der Waals surface area contributed by atoms with Crippen LogP contribution in [0.1, 0.15) is 51.9 Å². The summed E-state index contributed by atoms with van der Waals surface area (Å²) in [6.07, 6.45) is 4.71. The Morgan fingerprint density at radius 2 is 1.76 bits per heavy atom. The fourth-order valence-corrected chi connectivity index (χ4v) is 6.98. The molecule has 2 aliphatic rings. The molecule has 1 amide bonds. The molecule has 1 atom stereocenters. The molecule has 7 nitrogen and oxygen atoms in total. The molecule has 1 aromatic heterocycles. The summed E-state index contributed by atoms with van der Waals surface area (Å²) in [4.78, 5) is 33.1. The number of rotatable bonds is 9. The van der Waals surface area contributed by atoms with E-state index in [1.54, 1.807) is 24.3 Å². The first-order chi connectivity index (χ1) is 22.1. The lowest BCUT2D eigenvalue weighted by atomic mass is 9.90. The normalized spacial score (nSPS) is 16.2. The van der Waals surface area contributed by atoms with Crippen LogP contribution in [0.3, 0.4) is 0 Å². The smallest absolute Gasteiger partial charge is 0.257 e. The summed E-state index contributed by atoms with van der Waals surface area (Å²) in [6.45, 7) is 5.96. The number of aromatic nitrogens is 1. The van der Waals surface area contributed by atoms with Gasteiger partial charge < -0.3 is 19.9 Å². The zero-order valence-corrected chi connectivity index (χ0v) is 27.2. The molecule has 1 N–H and O–H groups in total. The Morgan fingerprint density at radius 3 is 2.50 bits per heavy atom. The molecule has 1 aliphatic carbocycles. The summed E-state index contributed by atoms with van der Waals surface area (Å²) in [7, 11) is 5.36. The number of hydrogen-bond donors (Lipinski definition) is 1. The number of pyridine rings is 1. The maximum absolute atomic E-state index is 15.8. The molecule has 0 radical (unpaired) electrons. The van der Waals surface area contributed by atoms with E-state index in [9.17, 15) is 9.59 Å². The van der Waals surface area contributed by atoms with Gasteiger partial charge in [0.25, 0.3) is 5.91 Å². The zero-order valence-electron chi connectivity index (χ0n) is 27.2. The second kappa shape index (κ2) is 13.0. The lowest BCUT2D eigenvalue weighted by Gasteiger charge is -2.26. The van der Waals surface area contributed by atoms with Crippen LogP contribution in [0, 0.1) is 25.6 Å². The van der Waals surface area contributed by atoms with E-state index in [4.69, 9.17) is 4.74 Å². The lowest BCUT2D eigenvalue weighted by molar-refractivity contribution is -0.117. The van der Waals surface area contributed by atoms with E-state index < -0.39 is 0 Å². The van der Waals surface area contributed by atoms with Crippen LogP contribution >= 0.6 is 0 Å². The molecule has 3 aromatic carbocycles. The van der Waals surface area contributed by atoms with Crippen molar-refractivity contribution in [2.75, 3.05) is 39.6 Å². The number of nitrogens with zero attached hydrogens (tertiary/aromatic N) is 3. The Morgan fingerprint density at radius 1 is 1.02 bits per heavy atom.